The van der Waals surface area contributed by atoms with Gasteiger partial charge in [0, 0.05) is 43.3 Å². The summed E-state index contributed by atoms with van der Waals surface area (Å²) in [4.78, 5) is 6.93. The molecule has 1 aliphatic rings. The summed E-state index contributed by atoms with van der Waals surface area (Å²) in [5, 5.41) is 4.76. The first-order valence-electron chi connectivity index (χ1n) is 7.03. The molecule has 1 N–H and O–H groups in total. The second-order valence-corrected chi connectivity index (χ2v) is 5.62. The van der Waals surface area contributed by atoms with Gasteiger partial charge >= 0.3 is 0 Å². The summed E-state index contributed by atoms with van der Waals surface area (Å²) in [6, 6.07) is 11.9. The maximum Gasteiger partial charge on any atom is 0.0702 e. The fourth-order valence-corrected chi connectivity index (χ4v) is 2.78. The van der Waals surface area contributed by atoms with Crippen LogP contribution in [0.4, 0.5) is 0 Å². The predicted molar refractivity (Wildman–Crippen MR) is 86.3 cm³/mol. The quantitative estimate of drug-likeness (QED) is 0.922. The fourth-order valence-electron chi connectivity index (χ4n) is 2.78. The molecule has 20 heavy (non-hydrogen) atoms. The van der Waals surface area contributed by atoms with Gasteiger partial charge in [-0.15, -0.1) is 12.4 Å². The van der Waals surface area contributed by atoms with Crippen molar-refractivity contribution in [3.8, 4) is 0 Å². The van der Waals surface area contributed by atoms with E-state index in [0.29, 0.717) is 12.1 Å². The van der Waals surface area contributed by atoms with Crippen molar-refractivity contribution in [3.63, 3.8) is 0 Å². The van der Waals surface area contributed by atoms with Crippen molar-refractivity contribution in [1.29, 1.82) is 0 Å². The third-order valence-electron chi connectivity index (χ3n) is 3.95. The number of pyridine rings is 1. The summed E-state index contributed by atoms with van der Waals surface area (Å²) < 4.78 is 0. The van der Waals surface area contributed by atoms with Gasteiger partial charge in [0.1, 0.15) is 0 Å². The Morgan fingerprint density at radius 1 is 1.30 bits per heavy atom. The maximum absolute atomic E-state index is 4.37. The van der Waals surface area contributed by atoms with Crippen LogP contribution in [-0.4, -0.2) is 35.1 Å². The van der Waals surface area contributed by atoms with Crippen LogP contribution >= 0.6 is 12.4 Å². The second kappa shape index (κ2) is 6.53. The van der Waals surface area contributed by atoms with E-state index in [1.807, 2.05) is 12.3 Å². The molecule has 0 aliphatic carbocycles. The summed E-state index contributed by atoms with van der Waals surface area (Å²) in [5.74, 6) is 0. The first kappa shape index (κ1) is 15.2. The molecule has 1 aliphatic heterocycles. The smallest absolute Gasteiger partial charge is 0.0702 e. The van der Waals surface area contributed by atoms with Crippen LogP contribution in [0.25, 0.3) is 10.9 Å². The van der Waals surface area contributed by atoms with E-state index in [-0.39, 0.29) is 12.4 Å². The van der Waals surface area contributed by atoms with E-state index < -0.39 is 0 Å². The Morgan fingerprint density at radius 2 is 2.15 bits per heavy atom. The Kier molecular flexibility index (Phi) is 4.97. The van der Waals surface area contributed by atoms with E-state index in [0.717, 1.165) is 25.2 Å². The highest BCUT2D eigenvalue weighted by atomic mass is 35.5. The van der Waals surface area contributed by atoms with Gasteiger partial charge < -0.3 is 5.32 Å². The number of nitrogens with one attached hydrogen (secondary N) is 1. The van der Waals surface area contributed by atoms with Crippen molar-refractivity contribution in [2.45, 2.75) is 32.5 Å². The summed E-state index contributed by atoms with van der Waals surface area (Å²) in [5.41, 5.74) is 2.45. The Bertz CT molecular complexity index is 572. The molecule has 3 nitrogen and oxygen atoms in total. The lowest BCUT2D eigenvalue weighted by molar-refractivity contribution is 0.139. The van der Waals surface area contributed by atoms with Gasteiger partial charge in [-0.3, -0.25) is 9.88 Å². The topological polar surface area (TPSA) is 28.2 Å². The largest absolute Gasteiger partial charge is 0.311 e. The van der Waals surface area contributed by atoms with E-state index in [1.165, 1.54) is 10.9 Å². The van der Waals surface area contributed by atoms with Gasteiger partial charge in [-0.05, 0) is 37.6 Å². The zero-order valence-corrected chi connectivity index (χ0v) is 12.9. The molecule has 2 unspecified atom stereocenters. The molecule has 2 atom stereocenters. The van der Waals surface area contributed by atoms with Gasteiger partial charge in [0.05, 0.1) is 5.52 Å². The van der Waals surface area contributed by atoms with Crippen molar-refractivity contribution >= 4 is 23.3 Å². The minimum absolute atomic E-state index is 0. The average Bonchev–Trinajstić information content (AvgIpc) is 2.43. The highest BCUT2D eigenvalue weighted by Crippen LogP contribution is 2.17. The Hall–Kier alpha value is -1.16. The van der Waals surface area contributed by atoms with Gasteiger partial charge in [0.25, 0.3) is 0 Å². The highest BCUT2D eigenvalue weighted by Gasteiger charge is 2.22. The van der Waals surface area contributed by atoms with Crippen LogP contribution in [0.2, 0.25) is 0 Å². The standard InChI is InChI=1S/C16H21N3.ClH/c1-12-10-19(13(2)9-18-12)11-14-5-6-16-15(8-14)4-3-7-17-16;/h3-8,12-13,18H,9-11H2,1-2H3;1H. The minimum atomic E-state index is 0. The first-order chi connectivity index (χ1) is 9.22. The van der Waals surface area contributed by atoms with Crippen LogP contribution in [0.3, 0.4) is 0 Å². The number of nitrogens with zero attached hydrogens (tertiary/aromatic N) is 2. The average molecular weight is 292 g/mol. The third-order valence-corrected chi connectivity index (χ3v) is 3.95. The molecule has 0 radical (unpaired) electrons. The third kappa shape index (κ3) is 3.29. The molecule has 3 rings (SSSR count). The van der Waals surface area contributed by atoms with Gasteiger partial charge in [0.15, 0.2) is 0 Å². The van der Waals surface area contributed by atoms with E-state index in [4.69, 9.17) is 0 Å². The van der Waals surface area contributed by atoms with Crippen LogP contribution in [-0.2, 0) is 6.54 Å². The SMILES string of the molecule is CC1CN(Cc2ccc3ncccc3c2)C(C)CN1.Cl. The molecule has 1 aromatic carbocycles. The molecule has 108 valence electrons. The van der Waals surface area contributed by atoms with Crippen LogP contribution in [0, 0.1) is 0 Å². The lowest BCUT2D eigenvalue weighted by Gasteiger charge is -2.37. The molecular formula is C16H22ClN3. The molecule has 0 saturated carbocycles. The molecule has 4 heteroatoms. The van der Waals surface area contributed by atoms with Crippen molar-refractivity contribution < 1.29 is 0 Å². The lowest BCUT2D eigenvalue weighted by Crippen LogP contribution is -2.53. The molecule has 2 aromatic rings. The molecule has 2 heterocycles. The number of rotatable bonds is 2. The summed E-state index contributed by atoms with van der Waals surface area (Å²) in [7, 11) is 0. The molecule has 0 bridgehead atoms. The molecule has 1 aromatic heterocycles. The Labute approximate surface area is 126 Å². The molecular weight excluding hydrogens is 270 g/mol. The summed E-state index contributed by atoms with van der Waals surface area (Å²) in [6.45, 7) is 7.77. The number of halogens is 1. The zero-order valence-electron chi connectivity index (χ0n) is 12.0. The van der Waals surface area contributed by atoms with Crippen LogP contribution in [0.15, 0.2) is 36.5 Å². The van der Waals surface area contributed by atoms with Crippen molar-refractivity contribution in [2.24, 2.45) is 0 Å². The highest BCUT2D eigenvalue weighted by molar-refractivity contribution is 5.85. The zero-order chi connectivity index (χ0) is 13.2. The van der Waals surface area contributed by atoms with E-state index >= 15 is 0 Å². The number of hydrogen-bond donors (Lipinski definition) is 1. The van der Waals surface area contributed by atoms with Gasteiger partial charge in [-0.2, -0.15) is 0 Å². The van der Waals surface area contributed by atoms with Crippen molar-refractivity contribution in [3.05, 3.63) is 42.1 Å². The van der Waals surface area contributed by atoms with Crippen LogP contribution in [0.5, 0.6) is 0 Å². The van der Waals surface area contributed by atoms with E-state index in [1.54, 1.807) is 0 Å². The lowest BCUT2D eigenvalue weighted by atomic mass is 10.1. The monoisotopic (exact) mass is 291 g/mol. The molecule has 0 amide bonds. The summed E-state index contributed by atoms with van der Waals surface area (Å²) in [6.07, 6.45) is 1.85. The van der Waals surface area contributed by atoms with Gasteiger partial charge in [-0.25, -0.2) is 0 Å². The van der Waals surface area contributed by atoms with Crippen LogP contribution in [0.1, 0.15) is 19.4 Å². The van der Waals surface area contributed by atoms with Gasteiger partial charge in [0.2, 0.25) is 0 Å². The summed E-state index contributed by atoms with van der Waals surface area (Å²) >= 11 is 0. The maximum atomic E-state index is 4.37. The Balaban J connectivity index is 0.00000147. The molecule has 0 spiro atoms. The number of hydrogen-bond acceptors (Lipinski definition) is 3. The van der Waals surface area contributed by atoms with E-state index in [9.17, 15) is 0 Å². The predicted octanol–water partition coefficient (Wildman–Crippen LogP) is 2.84. The number of piperazine rings is 1. The van der Waals surface area contributed by atoms with Gasteiger partial charge in [-0.1, -0.05) is 12.1 Å². The van der Waals surface area contributed by atoms with E-state index in [2.05, 4.69) is 53.3 Å². The number of aromatic nitrogens is 1. The molecule has 1 saturated heterocycles. The van der Waals surface area contributed by atoms with Crippen molar-refractivity contribution in [2.75, 3.05) is 13.1 Å². The second-order valence-electron chi connectivity index (χ2n) is 5.62. The minimum Gasteiger partial charge on any atom is -0.311 e. The number of fused-ring (bicyclic) bond motifs is 1. The first-order valence-corrected chi connectivity index (χ1v) is 7.03. The molecule has 1 fully saturated rings. The Morgan fingerprint density at radius 3 is 3.00 bits per heavy atom. The fraction of sp³-hybridized carbons (Fsp3) is 0.438. The van der Waals surface area contributed by atoms with Crippen LogP contribution < -0.4 is 5.32 Å². The van der Waals surface area contributed by atoms with Crippen molar-refractivity contribution in [1.82, 2.24) is 15.2 Å². The number of benzene rings is 1. The normalized spacial score (nSPS) is 23.5.